The number of hydrogen-bond acceptors (Lipinski definition) is 13. The van der Waals surface area contributed by atoms with Crippen LogP contribution >= 0.6 is 0 Å². The Balaban J connectivity index is 2.11. The first-order valence-corrected chi connectivity index (χ1v) is 14.1. The van der Waals surface area contributed by atoms with Crippen LogP contribution in [0.5, 0.6) is 5.75 Å². The van der Waals surface area contributed by atoms with Crippen LogP contribution in [0.15, 0.2) is 18.2 Å². The summed E-state index contributed by atoms with van der Waals surface area (Å²) in [6.45, 7) is 12.1. The lowest BCUT2D eigenvalue weighted by Crippen LogP contribution is -2.63. The van der Waals surface area contributed by atoms with Crippen molar-refractivity contribution in [2.75, 3.05) is 19.8 Å². The van der Waals surface area contributed by atoms with Gasteiger partial charge in [-0.3, -0.25) is 19.2 Å². The van der Waals surface area contributed by atoms with Crippen LogP contribution in [0, 0.1) is 0 Å². The maximum Gasteiger partial charge on any atom is 0.513 e. The number of rotatable bonds is 13. The fourth-order valence-corrected chi connectivity index (χ4v) is 4.45. The first-order chi connectivity index (χ1) is 20.2. The number of carbonyl (C=O) groups is 5. The molecule has 0 aliphatic carbocycles. The number of hydrogen-bond donors (Lipinski definition) is 0. The van der Waals surface area contributed by atoms with E-state index in [1.54, 1.807) is 0 Å². The smallest absolute Gasteiger partial charge is 0.463 e. The van der Waals surface area contributed by atoms with Gasteiger partial charge in [0.25, 0.3) is 0 Å². The lowest BCUT2D eigenvalue weighted by molar-refractivity contribution is -0.308. The van der Waals surface area contributed by atoms with Crippen LogP contribution in [-0.4, -0.2) is 80.6 Å². The molecule has 13 nitrogen and oxygen atoms in total. The highest BCUT2D eigenvalue weighted by Gasteiger charge is 2.52. The van der Waals surface area contributed by atoms with E-state index in [1.807, 2.05) is 45.9 Å². The zero-order valence-corrected chi connectivity index (χ0v) is 25.9. The number of para-hydroxylation sites is 1. The topological polar surface area (TPSA) is 159 Å². The second kappa shape index (κ2) is 16.8. The van der Waals surface area contributed by atoms with Crippen molar-refractivity contribution in [3.8, 4) is 5.75 Å². The fraction of sp³-hybridized carbons (Fsp3) is 0.633. The molecule has 2 rings (SSSR count). The van der Waals surface area contributed by atoms with Crippen LogP contribution in [0.2, 0.25) is 0 Å². The summed E-state index contributed by atoms with van der Waals surface area (Å²) in [5, 5.41) is 0. The van der Waals surface area contributed by atoms with E-state index in [1.165, 1.54) is 6.92 Å². The molecule has 0 spiro atoms. The third kappa shape index (κ3) is 11.1. The minimum atomic E-state index is -1.34. The molecule has 240 valence electrons. The molecule has 1 aliphatic heterocycles. The summed E-state index contributed by atoms with van der Waals surface area (Å²) in [4.78, 5) is 59.7. The Bertz CT molecular complexity index is 1100. The van der Waals surface area contributed by atoms with E-state index in [0.717, 1.165) is 31.9 Å². The minimum Gasteiger partial charge on any atom is -0.463 e. The average molecular weight is 611 g/mol. The fourth-order valence-electron chi connectivity index (χ4n) is 4.45. The zero-order chi connectivity index (χ0) is 32.3. The molecule has 0 radical (unpaired) electrons. The number of benzene rings is 1. The molecular formula is C30H42O13. The van der Waals surface area contributed by atoms with Crippen LogP contribution < -0.4 is 4.74 Å². The van der Waals surface area contributed by atoms with Crippen LogP contribution in [-0.2, 0) is 52.3 Å². The van der Waals surface area contributed by atoms with Gasteiger partial charge in [-0.25, -0.2) is 4.79 Å². The van der Waals surface area contributed by atoms with Crippen molar-refractivity contribution in [3.63, 3.8) is 0 Å². The molecule has 1 aliphatic rings. The van der Waals surface area contributed by atoms with Gasteiger partial charge in [-0.05, 0) is 23.0 Å². The second-order valence-corrected chi connectivity index (χ2v) is 10.6. The number of carbonyl (C=O) groups excluding carboxylic acids is 5. The molecule has 13 heteroatoms. The Morgan fingerprint density at radius 2 is 1.26 bits per heavy atom. The molecule has 0 N–H and O–H groups in total. The van der Waals surface area contributed by atoms with Gasteiger partial charge in [-0.2, -0.15) is 0 Å². The van der Waals surface area contributed by atoms with Crippen molar-refractivity contribution in [1.82, 2.24) is 0 Å². The Labute approximate surface area is 251 Å². The van der Waals surface area contributed by atoms with Crippen LogP contribution in [0.4, 0.5) is 4.79 Å². The summed E-state index contributed by atoms with van der Waals surface area (Å²) in [6.07, 6.45) is -7.10. The molecule has 43 heavy (non-hydrogen) atoms. The van der Waals surface area contributed by atoms with Gasteiger partial charge in [-0.15, -0.1) is 0 Å². The standard InChI is InChI=1S/C30H42O13/c1-16(2)22-11-9-12-23(17(3)4)25(22)43-30(35)37-14-10-13-36-29-28(41-21(8)34)27(40-20(7)33)26(39-19(6)32)24(42-29)15-38-18(5)31/h9,11-12,16-17,24,26-29H,10,13-15H2,1-8H3/t24?,26-,27+,28-,29-/m1/s1. The van der Waals surface area contributed by atoms with Crippen molar-refractivity contribution < 1.29 is 61.9 Å². The number of esters is 4. The van der Waals surface area contributed by atoms with Gasteiger partial charge in [0, 0.05) is 34.1 Å². The third-order valence-corrected chi connectivity index (χ3v) is 6.24. The highest BCUT2D eigenvalue weighted by atomic mass is 16.7. The van der Waals surface area contributed by atoms with Crippen molar-refractivity contribution in [2.45, 2.75) is 104 Å². The Kier molecular flexibility index (Phi) is 13.9. The molecule has 0 aromatic heterocycles. The molecular weight excluding hydrogens is 568 g/mol. The van der Waals surface area contributed by atoms with Gasteiger partial charge in [0.1, 0.15) is 18.5 Å². The van der Waals surface area contributed by atoms with Crippen LogP contribution in [0.3, 0.4) is 0 Å². The minimum absolute atomic E-state index is 0.0547. The maximum absolute atomic E-state index is 12.5. The highest BCUT2D eigenvalue weighted by Crippen LogP contribution is 2.35. The zero-order valence-electron chi connectivity index (χ0n) is 25.9. The van der Waals surface area contributed by atoms with Crippen molar-refractivity contribution in [3.05, 3.63) is 29.3 Å². The second-order valence-electron chi connectivity index (χ2n) is 10.6. The van der Waals surface area contributed by atoms with Gasteiger partial charge < -0.3 is 37.9 Å². The van der Waals surface area contributed by atoms with E-state index in [-0.39, 0.29) is 38.1 Å². The normalized spacial score (nSPS) is 21.6. The Morgan fingerprint density at radius 1 is 0.721 bits per heavy atom. The summed E-state index contributed by atoms with van der Waals surface area (Å²) in [6, 6.07) is 5.73. The first-order valence-electron chi connectivity index (χ1n) is 14.1. The Morgan fingerprint density at radius 3 is 1.77 bits per heavy atom. The first kappa shape index (κ1) is 35.5. The molecule has 1 unspecified atom stereocenters. The predicted octanol–water partition coefficient (Wildman–Crippen LogP) is 3.94. The number of ether oxygens (including phenoxy) is 8. The molecule has 0 bridgehead atoms. The van der Waals surface area contributed by atoms with Gasteiger partial charge in [-0.1, -0.05) is 45.9 Å². The summed E-state index contributed by atoms with van der Waals surface area (Å²) in [7, 11) is 0. The van der Waals surface area contributed by atoms with E-state index in [4.69, 9.17) is 37.9 Å². The van der Waals surface area contributed by atoms with E-state index in [0.29, 0.717) is 5.75 Å². The maximum atomic E-state index is 12.5. The van der Waals surface area contributed by atoms with E-state index in [9.17, 15) is 24.0 Å². The summed E-state index contributed by atoms with van der Waals surface area (Å²) in [5.74, 6) is -2.14. The van der Waals surface area contributed by atoms with E-state index in [2.05, 4.69) is 0 Å². The van der Waals surface area contributed by atoms with Gasteiger partial charge in [0.05, 0.1) is 13.2 Å². The molecule has 1 aromatic rings. The van der Waals surface area contributed by atoms with Crippen molar-refractivity contribution >= 4 is 30.0 Å². The van der Waals surface area contributed by atoms with Crippen molar-refractivity contribution in [2.24, 2.45) is 0 Å². The monoisotopic (exact) mass is 610 g/mol. The van der Waals surface area contributed by atoms with Crippen LogP contribution in [0.1, 0.15) is 84.8 Å². The third-order valence-electron chi connectivity index (χ3n) is 6.24. The summed E-state index contributed by atoms with van der Waals surface area (Å²) in [5.41, 5.74) is 1.77. The Hall–Kier alpha value is -3.71. The van der Waals surface area contributed by atoms with Gasteiger partial charge in [0.15, 0.2) is 24.6 Å². The molecule has 0 saturated carbocycles. The van der Waals surface area contributed by atoms with Crippen LogP contribution in [0.25, 0.3) is 0 Å². The van der Waals surface area contributed by atoms with E-state index >= 15 is 0 Å². The lowest BCUT2D eigenvalue weighted by atomic mass is 9.94. The highest BCUT2D eigenvalue weighted by molar-refractivity contribution is 5.69. The summed E-state index contributed by atoms with van der Waals surface area (Å²) < 4.78 is 43.6. The molecule has 1 heterocycles. The summed E-state index contributed by atoms with van der Waals surface area (Å²) >= 11 is 0. The SMILES string of the molecule is CC(=O)OCC1O[C@@H](OCCCOC(=O)Oc2c(C(C)C)cccc2C(C)C)[C@H](OC(C)=O)[C@@H](OC(C)=O)[C@@H]1OC(C)=O. The van der Waals surface area contributed by atoms with Crippen molar-refractivity contribution in [1.29, 1.82) is 0 Å². The lowest BCUT2D eigenvalue weighted by Gasteiger charge is -2.44. The van der Waals surface area contributed by atoms with Gasteiger partial charge in [0.2, 0.25) is 0 Å². The molecule has 0 amide bonds. The molecule has 1 aromatic carbocycles. The molecule has 5 atom stereocenters. The quantitative estimate of drug-likeness (QED) is 0.137. The molecule has 1 saturated heterocycles. The molecule has 1 fully saturated rings. The average Bonchev–Trinajstić information content (AvgIpc) is 2.89. The predicted molar refractivity (Wildman–Crippen MR) is 149 cm³/mol. The van der Waals surface area contributed by atoms with Gasteiger partial charge >= 0.3 is 30.0 Å². The van der Waals surface area contributed by atoms with E-state index < -0.39 is 60.7 Å². The largest absolute Gasteiger partial charge is 0.513 e.